The fraction of sp³-hybridized carbons (Fsp3) is 0.765. The highest BCUT2D eigenvalue weighted by Gasteiger charge is 2.21. The molecular weight excluding hydrogens is 415 g/mol. The molecule has 0 spiro atoms. The van der Waals surface area contributed by atoms with Crippen LogP contribution in [-0.2, 0) is 7.05 Å². The molecule has 0 aromatic carbocycles. The lowest BCUT2D eigenvalue weighted by atomic mass is 9.87. The Kier molecular flexibility index (Phi) is 9.04. The summed E-state index contributed by atoms with van der Waals surface area (Å²) in [5, 5.41) is 11.4. The van der Waals surface area contributed by atoms with E-state index in [1.807, 2.05) is 25.0 Å². The summed E-state index contributed by atoms with van der Waals surface area (Å²) in [6.07, 6.45) is 9.15. The van der Waals surface area contributed by atoms with Crippen molar-refractivity contribution in [1.29, 1.82) is 0 Å². The lowest BCUT2D eigenvalue weighted by Gasteiger charge is -2.30. The number of nitrogens with one attached hydrogen (secondary N) is 2. The van der Waals surface area contributed by atoms with Crippen LogP contribution in [0.25, 0.3) is 0 Å². The second-order valence-electron chi connectivity index (χ2n) is 6.99. The van der Waals surface area contributed by atoms with Crippen molar-refractivity contribution in [1.82, 2.24) is 25.3 Å². The third-order valence-corrected chi connectivity index (χ3v) is 4.70. The highest BCUT2D eigenvalue weighted by atomic mass is 127. The third kappa shape index (κ3) is 6.23. The summed E-state index contributed by atoms with van der Waals surface area (Å²) < 4.78 is 1.85. The molecule has 1 aromatic rings. The molecule has 3 atom stereocenters. The first-order valence-electron chi connectivity index (χ1n) is 8.61. The molecule has 1 aliphatic carbocycles. The molecule has 24 heavy (non-hydrogen) atoms. The molecule has 1 heterocycles. The van der Waals surface area contributed by atoms with Gasteiger partial charge in [0.25, 0.3) is 0 Å². The van der Waals surface area contributed by atoms with E-state index in [1.54, 1.807) is 0 Å². The van der Waals surface area contributed by atoms with Crippen LogP contribution in [0.3, 0.4) is 0 Å². The second kappa shape index (κ2) is 10.2. The van der Waals surface area contributed by atoms with Gasteiger partial charge in [0.1, 0.15) is 0 Å². The number of aryl methyl sites for hydroxylation is 1. The minimum atomic E-state index is 0. The highest BCUT2D eigenvalue weighted by Crippen LogP contribution is 2.23. The molecule has 1 fully saturated rings. The van der Waals surface area contributed by atoms with Crippen molar-refractivity contribution < 1.29 is 0 Å². The smallest absolute Gasteiger partial charge is 0.191 e. The van der Waals surface area contributed by atoms with E-state index in [2.05, 4.69) is 52.8 Å². The van der Waals surface area contributed by atoms with Crippen LogP contribution in [0.5, 0.6) is 0 Å². The first kappa shape index (κ1) is 21.2. The first-order chi connectivity index (χ1) is 11.0. The van der Waals surface area contributed by atoms with Crippen LogP contribution in [0, 0.1) is 5.92 Å². The van der Waals surface area contributed by atoms with Gasteiger partial charge in [0.15, 0.2) is 5.96 Å². The van der Waals surface area contributed by atoms with Gasteiger partial charge < -0.3 is 15.5 Å². The Morgan fingerprint density at radius 2 is 2.21 bits per heavy atom. The predicted molar refractivity (Wildman–Crippen MR) is 111 cm³/mol. The van der Waals surface area contributed by atoms with Crippen LogP contribution in [-0.4, -0.2) is 54.4 Å². The standard InChI is InChI=1S/C17H32N6.HI/c1-13-7-6-8-15(9-13)21-17(18-2)19-11-16(22(3)4)14-10-20-23(5)12-14;/h10,12-13,15-16H,6-9,11H2,1-5H3,(H2,18,19,21);1H. The molecule has 0 bridgehead atoms. The number of nitrogens with zero attached hydrogens (tertiary/aromatic N) is 4. The summed E-state index contributed by atoms with van der Waals surface area (Å²) in [4.78, 5) is 6.60. The zero-order chi connectivity index (χ0) is 16.8. The Bertz CT molecular complexity index is 513. The summed E-state index contributed by atoms with van der Waals surface area (Å²) in [6.45, 7) is 3.15. The zero-order valence-electron chi connectivity index (χ0n) is 15.6. The molecule has 7 heteroatoms. The van der Waals surface area contributed by atoms with Crippen molar-refractivity contribution in [3.8, 4) is 0 Å². The van der Waals surface area contributed by atoms with Crippen LogP contribution in [0.4, 0.5) is 0 Å². The molecule has 138 valence electrons. The Morgan fingerprint density at radius 1 is 1.46 bits per heavy atom. The van der Waals surface area contributed by atoms with Gasteiger partial charge >= 0.3 is 0 Å². The maximum atomic E-state index is 4.39. The van der Waals surface area contributed by atoms with Crippen molar-refractivity contribution in [2.75, 3.05) is 27.7 Å². The molecule has 6 nitrogen and oxygen atoms in total. The molecule has 1 aliphatic rings. The number of rotatable bonds is 5. The number of aliphatic imine (C=N–C) groups is 1. The number of hydrogen-bond acceptors (Lipinski definition) is 3. The number of aromatic nitrogens is 2. The van der Waals surface area contributed by atoms with Crippen molar-refractivity contribution in [2.45, 2.75) is 44.7 Å². The first-order valence-corrected chi connectivity index (χ1v) is 8.61. The van der Waals surface area contributed by atoms with Crippen molar-refractivity contribution in [3.05, 3.63) is 18.0 Å². The van der Waals surface area contributed by atoms with E-state index in [4.69, 9.17) is 0 Å². The van der Waals surface area contributed by atoms with Gasteiger partial charge in [0.05, 0.1) is 12.2 Å². The second-order valence-corrected chi connectivity index (χ2v) is 6.99. The van der Waals surface area contributed by atoms with Gasteiger partial charge in [0.2, 0.25) is 0 Å². The molecule has 2 rings (SSSR count). The molecule has 3 unspecified atom stereocenters. The molecule has 1 aromatic heterocycles. The number of guanidine groups is 1. The maximum absolute atomic E-state index is 4.39. The highest BCUT2D eigenvalue weighted by molar-refractivity contribution is 14.0. The van der Waals surface area contributed by atoms with Crippen LogP contribution < -0.4 is 10.6 Å². The number of likely N-dealkylation sites (N-methyl/N-ethyl adjacent to an activating group) is 1. The summed E-state index contributed by atoms with van der Waals surface area (Å²) in [7, 11) is 7.99. The summed E-state index contributed by atoms with van der Waals surface area (Å²) in [5.41, 5.74) is 1.21. The fourth-order valence-electron chi connectivity index (χ4n) is 3.36. The van der Waals surface area contributed by atoms with E-state index in [0.29, 0.717) is 6.04 Å². The lowest BCUT2D eigenvalue weighted by Crippen LogP contribution is -2.47. The monoisotopic (exact) mass is 448 g/mol. The largest absolute Gasteiger partial charge is 0.354 e. The summed E-state index contributed by atoms with van der Waals surface area (Å²) in [6, 6.07) is 0.814. The van der Waals surface area contributed by atoms with Crippen LogP contribution in [0.1, 0.15) is 44.2 Å². The van der Waals surface area contributed by atoms with E-state index in [0.717, 1.165) is 18.4 Å². The topological polar surface area (TPSA) is 57.5 Å². The van der Waals surface area contributed by atoms with Crippen molar-refractivity contribution >= 4 is 29.9 Å². The van der Waals surface area contributed by atoms with Crippen molar-refractivity contribution in [3.63, 3.8) is 0 Å². The molecule has 0 radical (unpaired) electrons. The van der Waals surface area contributed by atoms with Gasteiger partial charge in [-0.15, -0.1) is 24.0 Å². The van der Waals surface area contributed by atoms with Gasteiger partial charge in [-0.05, 0) is 32.9 Å². The zero-order valence-corrected chi connectivity index (χ0v) is 17.9. The van der Waals surface area contributed by atoms with Crippen molar-refractivity contribution in [2.24, 2.45) is 18.0 Å². The van der Waals surface area contributed by atoms with Crippen LogP contribution >= 0.6 is 24.0 Å². The average Bonchev–Trinajstić information content (AvgIpc) is 2.92. The quantitative estimate of drug-likeness (QED) is 0.413. The average molecular weight is 448 g/mol. The minimum absolute atomic E-state index is 0. The van der Waals surface area contributed by atoms with E-state index in [9.17, 15) is 0 Å². The molecule has 2 N–H and O–H groups in total. The van der Waals surface area contributed by atoms with Gasteiger partial charge in [-0.25, -0.2) is 0 Å². The van der Waals surface area contributed by atoms with Gasteiger partial charge in [0, 0.05) is 38.4 Å². The van der Waals surface area contributed by atoms with E-state index < -0.39 is 0 Å². The minimum Gasteiger partial charge on any atom is -0.354 e. The van der Waals surface area contributed by atoms with Gasteiger partial charge in [-0.1, -0.05) is 19.8 Å². The van der Waals surface area contributed by atoms with E-state index in [-0.39, 0.29) is 30.0 Å². The normalized spacial score (nSPS) is 22.8. The van der Waals surface area contributed by atoms with Gasteiger partial charge in [-0.2, -0.15) is 5.10 Å². The number of halogens is 1. The Labute approximate surface area is 163 Å². The maximum Gasteiger partial charge on any atom is 0.191 e. The fourth-order valence-corrected chi connectivity index (χ4v) is 3.36. The van der Waals surface area contributed by atoms with Gasteiger partial charge in [-0.3, -0.25) is 9.67 Å². The predicted octanol–water partition coefficient (Wildman–Crippen LogP) is 2.38. The molecular formula is C17H33IN6. The van der Waals surface area contributed by atoms with Crippen LogP contribution in [0.2, 0.25) is 0 Å². The molecule has 0 saturated heterocycles. The molecule has 0 aliphatic heterocycles. The summed E-state index contributed by atoms with van der Waals surface area (Å²) in [5.74, 6) is 1.71. The molecule has 0 amide bonds. The Hall–Kier alpha value is -0.830. The Balaban J connectivity index is 0.00000288. The molecule has 1 saturated carbocycles. The van der Waals surface area contributed by atoms with E-state index in [1.165, 1.54) is 31.2 Å². The SMILES string of the molecule is CN=C(NCC(c1cnn(C)c1)N(C)C)NC1CCCC(C)C1.I. The lowest BCUT2D eigenvalue weighted by molar-refractivity contribution is 0.295. The van der Waals surface area contributed by atoms with E-state index >= 15 is 0 Å². The third-order valence-electron chi connectivity index (χ3n) is 4.70. The summed E-state index contributed by atoms with van der Waals surface area (Å²) >= 11 is 0. The Morgan fingerprint density at radius 3 is 2.75 bits per heavy atom. The van der Waals surface area contributed by atoms with Crippen LogP contribution in [0.15, 0.2) is 17.4 Å². The number of hydrogen-bond donors (Lipinski definition) is 2.